The third kappa shape index (κ3) is 13.6. The Morgan fingerprint density at radius 1 is 0.909 bits per heavy atom. The van der Waals surface area contributed by atoms with E-state index in [0.29, 0.717) is 36.5 Å². The van der Waals surface area contributed by atoms with Gasteiger partial charge in [-0.1, -0.05) is 34.6 Å². The Kier molecular flexibility index (Phi) is 19.8. The predicted octanol–water partition coefficient (Wildman–Crippen LogP) is 5.54. The first-order valence-electron chi connectivity index (χ1n) is 15.3. The SMILES string of the molecule is CCCN([B]C=O)[C@H](C[C@@H](OCC)c1nc(C)cs1)C(C)C.CCO[C@H](C[C@H](C(C)C)N(C)[B]C=O)c1nc(C(=O)O)cs1. The average molecular weight is 649 g/mol. The van der Waals surface area contributed by atoms with E-state index in [0.717, 1.165) is 42.5 Å². The van der Waals surface area contributed by atoms with E-state index in [1.165, 1.54) is 24.1 Å². The molecule has 2 aromatic heterocycles. The molecule has 0 saturated heterocycles. The summed E-state index contributed by atoms with van der Waals surface area (Å²) in [5.74, 6) is -0.292. The van der Waals surface area contributed by atoms with Gasteiger partial charge in [0.25, 0.3) is 14.8 Å². The predicted molar refractivity (Wildman–Crippen MR) is 181 cm³/mol. The Morgan fingerprint density at radius 3 is 1.84 bits per heavy atom. The van der Waals surface area contributed by atoms with Crippen LogP contribution in [0.5, 0.6) is 0 Å². The molecule has 1 N–H and O–H groups in total. The first-order valence-corrected chi connectivity index (χ1v) is 17.1. The van der Waals surface area contributed by atoms with E-state index in [9.17, 15) is 14.4 Å². The van der Waals surface area contributed by atoms with Gasteiger partial charge < -0.3 is 33.8 Å². The van der Waals surface area contributed by atoms with Gasteiger partial charge in [0.15, 0.2) is 5.69 Å². The number of carbonyl (C=O) groups is 3. The van der Waals surface area contributed by atoms with Crippen molar-refractivity contribution in [2.24, 2.45) is 11.8 Å². The lowest BCUT2D eigenvalue weighted by Gasteiger charge is -2.35. The second-order valence-electron chi connectivity index (χ2n) is 11.2. The maximum absolute atomic E-state index is 11.0. The Morgan fingerprint density at radius 2 is 1.43 bits per heavy atom. The number of hydrogen-bond acceptors (Lipinski definition) is 11. The summed E-state index contributed by atoms with van der Waals surface area (Å²) in [6, 6.07) is 0.366. The first-order chi connectivity index (χ1) is 20.9. The molecule has 14 heteroatoms. The molecule has 10 nitrogen and oxygen atoms in total. The number of carbonyl (C=O) groups excluding carboxylic acids is 2. The Labute approximate surface area is 273 Å². The minimum Gasteiger partial charge on any atom is -0.476 e. The number of carboxylic acids is 1. The number of ether oxygens (including phenoxy) is 2. The molecule has 244 valence electrons. The van der Waals surface area contributed by atoms with Crippen molar-refractivity contribution in [1.82, 2.24) is 19.6 Å². The molecule has 0 spiro atoms. The lowest BCUT2D eigenvalue weighted by Crippen LogP contribution is -2.43. The molecule has 0 amide bonds. The van der Waals surface area contributed by atoms with Gasteiger partial charge in [-0.25, -0.2) is 14.8 Å². The number of carboxylic acid groups (broad SMARTS) is 1. The van der Waals surface area contributed by atoms with Gasteiger partial charge in [0.05, 0.1) is 12.4 Å². The van der Waals surface area contributed by atoms with Crippen LogP contribution in [0.4, 0.5) is 0 Å². The van der Waals surface area contributed by atoms with E-state index in [1.807, 2.05) is 32.6 Å². The van der Waals surface area contributed by atoms with Crippen LogP contribution in [0, 0.1) is 18.8 Å². The highest BCUT2D eigenvalue weighted by Crippen LogP contribution is 2.31. The van der Waals surface area contributed by atoms with Crippen LogP contribution in [0.3, 0.4) is 0 Å². The second-order valence-corrected chi connectivity index (χ2v) is 12.9. The third-order valence-electron chi connectivity index (χ3n) is 7.09. The second kappa shape index (κ2) is 21.7. The molecule has 2 aromatic rings. The zero-order valence-electron chi connectivity index (χ0n) is 27.8. The largest absolute Gasteiger partial charge is 0.476 e. The lowest BCUT2D eigenvalue weighted by atomic mass is 9.85. The van der Waals surface area contributed by atoms with Crippen molar-refractivity contribution in [1.29, 1.82) is 0 Å². The summed E-state index contributed by atoms with van der Waals surface area (Å²) in [4.78, 5) is 45.4. The molecular formula is C30H50B2N4O6S2. The van der Waals surface area contributed by atoms with E-state index in [-0.39, 0.29) is 30.0 Å². The number of thiazole rings is 2. The van der Waals surface area contributed by atoms with Crippen LogP contribution in [0.25, 0.3) is 0 Å². The molecule has 0 aliphatic heterocycles. The van der Waals surface area contributed by atoms with Crippen molar-refractivity contribution in [3.63, 3.8) is 0 Å². The maximum atomic E-state index is 11.0. The van der Waals surface area contributed by atoms with E-state index in [1.54, 1.807) is 18.8 Å². The van der Waals surface area contributed by atoms with E-state index in [2.05, 4.69) is 54.8 Å². The minimum atomic E-state index is -1.04. The quantitative estimate of drug-likeness (QED) is 0.136. The third-order valence-corrected chi connectivity index (χ3v) is 9.09. The maximum Gasteiger partial charge on any atom is 0.355 e. The molecule has 0 saturated carbocycles. The van der Waals surface area contributed by atoms with Crippen LogP contribution in [-0.2, 0) is 19.1 Å². The zero-order valence-corrected chi connectivity index (χ0v) is 29.4. The molecule has 0 aliphatic rings. The summed E-state index contributed by atoms with van der Waals surface area (Å²) >= 11 is 2.94. The summed E-state index contributed by atoms with van der Waals surface area (Å²) in [5, 5.41) is 14.3. The van der Waals surface area contributed by atoms with E-state index in [4.69, 9.17) is 14.6 Å². The summed E-state index contributed by atoms with van der Waals surface area (Å²) in [6.45, 7) is 18.7. The molecule has 0 fully saturated rings. The van der Waals surface area contributed by atoms with Crippen molar-refractivity contribution in [3.8, 4) is 0 Å². The van der Waals surface area contributed by atoms with Crippen molar-refractivity contribution >= 4 is 55.8 Å². The highest BCUT2D eigenvalue weighted by atomic mass is 32.1. The molecule has 0 unspecified atom stereocenters. The van der Waals surface area contributed by atoms with Crippen LogP contribution in [0.2, 0.25) is 0 Å². The van der Waals surface area contributed by atoms with Gasteiger partial charge in [-0.3, -0.25) is 0 Å². The summed E-state index contributed by atoms with van der Waals surface area (Å²) in [6.07, 6.45) is 3.87. The van der Waals surface area contributed by atoms with Gasteiger partial charge in [0, 0.05) is 41.8 Å². The monoisotopic (exact) mass is 648 g/mol. The smallest absolute Gasteiger partial charge is 0.355 e. The standard InChI is InChI=1S/C16H28BN2O2S.C14H22BN2O4S/c1-6-8-19(17-11-20)14(12(3)4)9-15(21-7-2)16-18-13(5)10-22-16;1-5-21-12(13-16-10(7-22-13)14(19)20)6-11(9(2)3)17(4)15-8-18/h10-12,14-15H,6-9H2,1-5H3;7-9,11-12H,5-6H2,1-4H3,(H,19,20)/t14-,15-;11-,12-/m11/s1. The first kappa shape index (κ1) is 40.1. The van der Waals surface area contributed by atoms with E-state index >= 15 is 0 Å². The Bertz CT molecular complexity index is 1100. The normalized spacial score (nSPS) is 14.2. The van der Waals surface area contributed by atoms with Gasteiger partial charge in [-0.15, -0.1) is 22.7 Å². The van der Waals surface area contributed by atoms with Crippen molar-refractivity contribution in [2.75, 3.05) is 26.8 Å². The fraction of sp³-hybridized carbons (Fsp3) is 0.700. The summed E-state index contributed by atoms with van der Waals surface area (Å²) in [5.41, 5.74) is 1.08. The van der Waals surface area contributed by atoms with Crippen LogP contribution in [0.15, 0.2) is 10.8 Å². The number of aromatic nitrogens is 2. The van der Waals surface area contributed by atoms with Crippen LogP contribution >= 0.6 is 22.7 Å². The number of hydrogen-bond donors (Lipinski definition) is 1. The molecule has 2 heterocycles. The average Bonchev–Trinajstić information content (AvgIpc) is 3.63. The molecule has 44 heavy (non-hydrogen) atoms. The molecular weight excluding hydrogens is 598 g/mol. The zero-order chi connectivity index (χ0) is 33.2. The van der Waals surface area contributed by atoms with Gasteiger partial charge in [-0.05, 0) is 65.5 Å². The fourth-order valence-corrected chi connectivity index (χ4v) is 6.68. The molecule has 0 bridgehead atoms. The topological polar surface area (TPSA) is 122 Å². The highest BCUT2D eigenvalue weighted by Gasteiger charge is 2.28. The molecule has 2 radical (unpaired) electrons. The van der Waals surface area contributed by atoms with Gasteiger partial charge in [-0.2, -0.15) is 0 Å². The molecule has 4 atom stereocenters. The number of aryl methyl sites for hydroxylation is 1. The fourth-order valence-electron chi connectivity index (χ4n) is 4.97. The number of nitrogens with zero attached hydrogens (tertiary/aromatic N) is 4. The van der Waals surface area contributed by atoms with Crippen molar-refractivity contribution in [3.05, 3.63) is 32.2 Å². The number of rotatable bonds is 21. The van der Waals surface area contributed by atoms with Crippen LogP contribution < -0.4 is 0 Å². The van der Waals surface area contributed by atoms with Crippen LogP contribution in [-0.4, -0.2) is 96.8 Å². The lowest BCUT2D eigenvalue weighted by molar-refractivity contribution is 0.0340. The summed E-state index contributed by atoms with van der Waals surface area (Å²) < 4.78 is 11.7. The van der Waals surface area contributed by atoms with Crippen LogP contribution in [0.1, 0.15) is 106 Å². The van der Waals surface area contributed by atoms with Gasteiger partial charge in [0.2, 0.25) is 0 Å². The molecule has 2 rings (SSSR count). The van der Waals surface area contributed by atoms with E-state index < -0.39 is 5.97 Å². The molecule has 0 aliphatic carbocycles. The Balaban J connectivity index is 0.000000440. The Hall–Kier alpha value is -1.96. The molecule has 0 aromatic carbocycles. The van der Waals surface area contributed by atoms with Gasteiger partial charge in [0.1, 0.15) is 22.2 Å². The number of aromatic carboxylic acids is 1. The minimum absolute atomic E-state index is 0.00416. The van der Waals surface area contributed by atoms with Crippen molar-refractivity contribution in [2.45, 2.75) is 98.9 Å². The summed E-state index contributed by atoms with van der Waals surface area (Å²) in [7, 11) is 5.02. The highest BCUT2D eigenvalue weighted by molar-refractivity contribution is 7.10. The van der Waals surface area contributed by atoms with Crippen molar-refractivity contribution < 1.29 is 29.0 Å². The van der Waals surface area contributed by atoms with Gasteiger partial charge >= 0.3 is 5.97 Å².